The van der Waals surface area contributed by atoms with Crippen LogP contribution >= 0.6 is 0 Å². The molecule has 0 radical (unpaired) electrons. The first-order valence-electron chi connectivity index (χ1n) is 13.5. The third-order valence-corrected chi connectivity index (χ3v) is 8.46. The first-order valence-corrected chi connectivity index (χ1v) is 14.9. The van der Waals surface area contributed by atoms with Crippen LogP contribution in [0, 0.1) is 19.8 Å². The summed E-state index contributed by atoms with van der Waals surface area (Å²) >= 11 is 0. The Labute approximate surface area is 245 Å². The molecule has 0 saturated carbocycles. The van der Waals surface area contributed by atoms with Gasteiger partial charge < -0.3 is 10.2 Å². The van der Waals surface area contributed by atoms with Crippen LogP contribution in [0.2, 0.25) is 0 Å². The minimum atomic E-state index is -4.74. The SMILES string of the molecule is Cc1ccc(CN(C(=O)CN(c2cccc(C(F)(F)F)c2)S(=O)(=O)c2ccc(C)cc2)[C@@H](C)C(=O)NCC(C)C)cc1. The van der Waals surface area contributed by atoms with Crippen molar-refractivity contribution < 1.29 is 31.2 Å². The van der Waals surface area contributed by atoms with Crippen LogP contribution in [-0.4, -0.2) is 44.3 Å². The number of rotatable bonds is 11. The molecule has 0 aliphatic heterocycles. The molecule has 7 nitrogen and oxygen atoms in total. The van der Waals surface area contributed by atoms with Crippen molar-refractivity contribution >= 4 is 27.5 Å². The van der Waals surface area contributed by atoms with E-state index in [1.165, 1.54) is 30.0 Å². The zero-order chi connectivity index (χ0) is 31.2. The molecule has 2 amide bonds. The second-order valence-electron chi connectivity index (χ2n) is 10.7. The summed E-state index contributed by atoms with van der Waals surface area (Å²) in [4.78, 5) is 28.0. The lowest BCUT2D eigenvalue weighted by Gasteiger charge is -2.32. The van der Waals surface area contributed by atoms with Gasteiger partial charge in [-0.1, -0.05) is 67.4 Å². The molecule has 226 valence electrons. The fraction of sp³-hybridized carbons (Fsp3) is 0.355. The van der Waals surface area contributed by atoms with Crippen LogP contribution in [0.25, 0.3) is 0 Å². The highest BCUT2D eigenvalue weighted by Crippen LogP contribution is 2.33. The lowest BCUT2D eigenvalue weighted by Crippen LogP contribution is -2.51. The maximum atomic E-state index is 13.9. The Balaban J connectivity index is 2.07. The van der Waals surface area contributed by atoms with Crippen LogP contribution in [0.4, 0.5) is 18.9 Å². The molecule has 0 spiro atoms. The Morgan fingerprint density at radius 3 is 2.00 bits per heavy atom. The fourth-order valence-electron chi connectivity index (χ4n) is 4.13. The van der Waals surface area contributed by atoms with Crippen LogP contribution in [0.5, 0.6) is 0 Å². The topological polar surface area (TPSA) is 86.8 Å². The monoisotopic (exact) mass is 603 g/mol. The lowest BCUT2D eigenvalue weighted by atomic mass is 10.1. The van der Waals surface area contributed by atoms with Gasteiger partial charge in [-0.25, -0.2) is 8.42 Å². The molecule has 3 aromatic rings. The summed E-state index contributed by atoms with van der Waals surface area (Å²) in [6.45, 7) is 8.56. The maximum Gasteiger partial charge on any atom is 0.416 e. The molecule has 3 aromatic carbocycles. The number of anilines is 1. The van der Waals surface area contributed by atoms with E-state index in [1.54, 1.807) is 31.2 Å². The first-order chi connectivity index (χ1) is 19.6. The van der Waals surface area contributed by atoms with Crippen LogP contribution in [0.3, 0.4) is 0 Å². The average molecular weight is 604 g/mol. The molecule has 0 bridgehead atoms. The standard InChI is InChI=1S/C31H36F3N3O4S/c1-21(2)18-35-30(39)24(5)36(19-25-13-9-22(3)10-14-25)29(38)20-37(27-8-6-7-26(17-27)31(32,33)34)42(40,41)28-15-11-23(4)12-16-28/h6-17,21,24H,18-20H2,1-5H3,(H,35,39)/t24-/m0/s1. The number of alkyl halides is 3. The molecule has 1 N–H and O–H groups in total. The summed E-state index contributed by atoms with van der Waals surface area (Å²) in [6, 6.07) is 15.9. The Hall–Kier alpha value is -3.86. The second kappa shape index (κ2) is 13.4. The van der Waals surface area contributed by atoms with Gasteiger partial charge in [0.05, 0.1) is 16.1 Å². The Bertz CT molecular complexity index is 1490. The number of amides is 2. The zero-order valence-corrected chi connectivity index (χ0v) is 25.1. The quantitative estimate of drug-likeness (QED) is 0.304. The number of hydrogen-bond donors (Lipinski definition) is 1. The van der Waals surface area contributed by atoms with Crippen LogP contribution in [0.15, 0.2) is 77.7 Å². The van der Waals surface area contributed by atoms with Gasteiger partial charge in [-0.05, 0) is 62.6 Å². The first kappa shape index (κ1) is 32.7. The van der Waals surface area contributed by atoms with Crippen molar-refractivity contribution in [1.29, 1.82) is 0 Å². The maximum absolute atomic E-state index is 13.9. The van der Waals surface area contributed by atoms with E-state index >= 15 is 0 Å². The highest BCUT2D eigenvalue weighted by molar-refractivity contribution is 7.92. The van der Waals surface area contributed by atoms with Gasteiger partial charge in [0, 0.05) is 13.1 Å². The molecule has 0 heterocycles. The predicted molar refractivity (Wildman–Crippen MR) is 156 cm³/mol. The number of nitrogens with one attached hydrogen (secondary N) is 1. The van der Waals surface area contributed by atoms with Crippen molar-refractivity contribution in [2.45, 2.75) is 58.3 Å². The molecule has 1 atom stereocenters. The van der Waals surface area contributed by atoms with E-state index in [4.69, 9.17) is 0 Å². The van der Waals surface area contributed by atoms with E-state index < -0.39 is 46.2 Å². The van der Waals surface area contributed by atoms with Crippen molar-refractivity contribution in [2.24, 2.45) is 5.92 Å². The molecule has 42 heavy (non-hydrogen) atoms. The third kappa shape index (κ3) is 8.34. The van der Waals surface area contributed by atoms with Gasteiger partial charge in [-0.3, -0.25) is 13.9 Å². The van der Waals surface area contributed by atoms with Crippen molar-refractivity contribution in [2.75, 3.05) is 17.4 Å². The number of aryl methyl sites for hydroxylation is 2. The molecule has 3 rings (SSSR count). The van der Waals surface area contributed by atoms with Crippen molar-refractivity contribution in [1.82, 2.24) is 10.2 Å². The number of carbonyl (C=O) groups is 2. The van der Waals surface area contributed by atoms with Crippen LogP contribution in [-0.2, 0) is 32.3 Å². The van der Waals surface area contributed by atoms with Gasteiger partial charge in [0.1, 0.15) is 12.6 Å². The van der Waals surface area contributed by atoms with Gasteiger partial charge in [0.15, 0.2) is 0 Å². The van der Waals surface area contributed by atoms with Crippen molar-refractivity contribution in [3.05, 3.63) is 95.1 Å². The van der Waals surface area contributed by atoms with E-state index in [0.717, 1.165) is 23.3 Å². The predicted octanol–water partition coefficient (Wildman–Crippen LogP) is 5.71. The summed E-state index contributed by atoms with van der Waals surface area (Å²) in [5.41, 5.74) is 1.07. The number of benzene rings is 3. The fourth-order valence-corrected chi connectivity index (χ4v) is 5.53. The largest absolute Gasteiger partial charge is 0.416 e. The molecule has 0 saturated heterocycles. The normalized spacial score (nSPS) is 12.6. The van der Waals surface area contributed by atoms with E-state index in [9.17, 15) is 31.2 Å². The molecule has 0 aromatic heterocycles. The molecule has 0 aliphatic carbocycles. The summed E-state index contributed by atoms with van der Waals surface area (Å²) in [5.74, 6) is -1.04. The number of carbonyl (C=O) groups excluding carboxylic acids is 2. The Kier molecular flexibility index (Phi) is 10.4. The average Bonchev–Trinajstić information content (AvgIpc) is 2.93. The zero-order valence-electron chi connectivity index (χ0n) is 24.3. The van der Waals surface area contributed by atoms with Gasteiger partial charge in [0.25, 0.3) is 10.0 Å². The van der Waals surface area contributed by atoms with E-state index in [0.29, 0.717) is 22.5 Å². The smallest absolute Gasteiger partial charge is 0.354 e. The van der Waals surface area contributed by atoms with E-state index in [-0.39, 0.29) is 23.0 Å². The molecular weight excluding hydrogens is 567 g/mol. The second-order valence-corrected chi connectivity index (χ2v) is 12.6. The summed E-state index contributed by atoms with van der Waals surface area (Å²) in [6.07, 6.45) is -4.74. The number of halogens is 3. The summed E-state index contributed by atoms with van der Waals surface area (Å²) in [5, 5.41) is 2.79. The molecule has 0 fully saturated rings. The van der Waals surface area contributed by atoms with Crippen molar-refractivity contribution in [3.8, 4) is 0 Å². The van der Waals surface area contributed by atoms with E-state index in [2.05, 4.69) is 5.32 Å². The highest BCUT2D eigenvalue weighted by atomic mass is 32.2. The molecule has 0 unspecified atom stereocenters. The molecule has 11 heteroatoms. The Morgan fingerprint density at radius 1 is 0.881 bits per heavy atom. The third-order valence-electron chi connectivity index (χ3n) is 6.67. The molecular formula is C31H36F3N3O4S. The van der Waals surface area contributed by atoms with E-state index in [1.807, 2.05) is 32.9 Å². The number of hydrogen-bond acceptors (Lipinski definition) is 4. The lowest BCUT2D eigenvalue weighted by molar-refractivity contribution is -0.139. The highest BCUT2D eigenvalue weighted by Gasteiger charge is 2.35. The van der Waals surface area contributed by atoms with Crippen LogP contribution in [0.1, 0.15) is 43.0 Å². The molecule has 0 aliphatic rings. The van der Waals surface area contributed by atoms with Gasteiger partial charge in [-0.15, -0.1) is 0 Å². The number of sulfonamides is 1. The minimum absolute atomic E-state index is 0.0175. The summed E-state index contributed by atoms with van der Waals surface area (Å²) < 4.78 is 69.1. The van der Waals surface area contributed by atoms with Gasteiger partial charge in [0.2, 0.25) is 11.8 Å². The van der Waals surface area contributed by atoms with Crippen molar-refractivity contribution in [3.63, 3.8) is 0 Å². The Morgan fingerprint density at radius 2 is 1.45 bits per heavy atom. The van der Waals surface area contributed by atoms with Gasteiger partial charge >= 0.3 is 6.18 Å². The minimum Gasteiger partial charge on any atom is -0.354 e. The number of nitrogens with zero attached hydrogens (tertiary/aromatic N) is 2. The van der Waals surface area contributed by atoms with Gasteiger partial charge in [-0.2, -0.15) is 13.2 Å². The van der Waals surface area contributed by atoms with Crippen LogP contribution < -0.4 is 9.62 Å². The summed E-state index contributed by atoms with van der Waals surface area (Å²) in [7, 11) is -4.49.